The number of hydrogen-bond acceptors (Lipinski definition) is 8. The molecule has 5 rings (SSSR count). The summed E-state index contributed by atoms with van der Waals surface area (Å²) in [6.45, 7) is 3.94. The van der Waals surface area contributed by atoms with Gasteiger partial charge in [0.2, 0.25) is 10.0 Å². The number of likely N-dealkylation sites (N-methyl/N-ethyl adjacent to an activating group) is 1. The third-order valence-electron chi connectivity index (χ3n) is 7.83. The normalized spacial score (nSPS) is 44.5. The average Bonchev–Trinajstić information content (AvgIpc) is 3.32. The third kappa shape index (κ3) is 3.98. The monoisotopic (exact) mass is 428 g/mol. The van der Waals surface area contributed by atoms with Gasteiger partial charge in [0.1, 0.15) is 6.73 Å². The van der Waals surface area contributed by atoms with E-state index in [0.717, 1.165) is 51.8 Å². The zero-order valence-corrected chi connectivity index (χ0v) is 18.2. The number of rotatable bonds is 4. The molecule has 4 aliphatic heterocycles. The molecule has 0 aromatic heterocycles. The fraction of sp³-hybridized carbons (Fsp3) is 1.00. The molecule has 4 saturated heterocycles. The van der Waals surface area contributed by atoms with Crippen LogP contribution in [0.3, 0.4) is 0 Å². The number of hydrazine groups is 1. The smallest absolute Gasteiger partial charge is 0.216 e. The van der Waals surface area contributed by atoms with Gasteiger partial charge in [0.15, 0.2) is 0 Å². The molecule has 5 aliphatic rings. The molecule has 29 heavy (non-hydrogen) atoms. The lowest BCUT2D eigenvalue weighted by molar-refractivity contribution is -0.0564. The predicted molar refractivity (Wildman–Crippen MR) is 110 cm³/mol. The highest BCUT2D eigenvalue weighted by Crippen LogP contribution is 2.32. The average molecular weight is 429 g/mol. The van der Waals surface area contributed by atoms with E-state index in [2.05, 4.69) is 30.7 Å². The number of piperidine rings is 1. The zero-order chi connectivity index (χ0) is 20.0. The first-order valence-electron chi connectivity index (χ1n) is 11.3. The fourth-order valence-corrected chi connectivity index (χ4v) is 7.88. The van der Waals surface area contributed by atoms with E-state index in [1.807, 2.05) is 7.05 Å². The first-order chi connectivity index (χ1) is 14.0. The van der Waals surface area contributed by atoms with Crippen LogP contribution in [0.1, 0.15) is 38.5 Å². The molecule has 9 nitrogen and oxygen atoms in total. The van der Waals surface area contributed by atoms with Crippen molar-refractivity contribution in [2.75, 3.05) is 40.0 Å². The predicted octanol–water partition coefficient (Wildman–Crippen LogP) is -1.01. The highest BCUT2D eigenvalue weighted by molar-refractivity contribution is 7.90. The molecule has 4 heterocycles. The van der Waals surface area contributed by atoms with Crippen molar-refractivity contribution < 1.29 is 13.2 Å². The maximum Gasteiger partial charge on any atom is 0.216 e. The number of fused-ring (bicyclic) bond motifs is 2. The maximum atomic E-state index is 13.2. The summed E-state index contributed by atoms with van der Waals surface area (Å²) in [6, 6.07) is 0.990. The molecule has 10 heteroatoms. The van der Waals surface area contributed by atoms with Gasteiger partial charge in [0, 0.05) is 50.8 Å². The van der Waals surface area contributed by atoms with Crippen molar-refractivity contribution in [1.29, 1.82) is 0 Å². The highest BCUT2D eigenvalue weighted by Gasteiger charge is 2.45. The summed E-state index contributed by atoms with van der Waals surface area (Å²) in [6.07, 6.45) is 6.26. The number of ether oxygens (including phenoxy) is 1. The van der Waals surface area contributed by atoms with Gasteiger partial charge in [-0.15, -0.1) is 0 Å². The molecule has 0 aromatic rings. The molecule has 0 amide bonds. The van der Waals surface area contributed by atoms with Gasteiger partial charge in [-0.2, -0.15) is 0 Å². The second-order valence-corrected chi connectivity index (χ2v) is 11.5. The Morgan fingerprint density at radius 2 is 1.93 bits per heavy atom. The Bertz CT molecular complexity index is 683. The van der Waals surface area contributed by atoms with Crippen LogP contribution in [0.2, 0.25) is 0 Å². The zero-order valence-electron chi connectivity index (χ0n) is 17.3. The van der Waals surface area contributed by atoms with Crippen LogP contribution in [0.25, 0.3) is 0 Å². The summed E-state index contributed by atoms with van der Waals surface area (Å²) >= 11 is 0. The fourth-order valence-electron chi connectivity index (χ4n) is 6.24. The van der Waals surface area contributed by atoms with Gasteiger partial charge in [-0.05, 0) is 38.0 Å². The van der Waals surface area contributed by atoms with Gasteiger partial charge in [0.05, 0.1) is 18.0 Å². The molecule has 166 valence electrons. The van der Waals surface area contributed by atoms with Crippen LogP contribution in [-0.4, -0.2) is 93.9 Å². The van der Waals surface area contributed by atoms with E-state index in [0.29, 0.717) is 37.4 Å². The number of nitrogens with one attached hydrogen (secondary N) is 4. The Hall–Kier alpha value is -0.330. The van der Waals surface area contributed by atoms with Gasteiger partial charge < -0.3 is 10.1 Å². The summed E-state index contributed by atoms with van der Waals surface area (Å²) in [7, 11) is -1.30. The van der Waals surface area contributed by atoms with Gasteiger partial charge in [-0.25, -0.2) is 18.1 Å². The van der Waals surface area contributed by atoms with Crippen LogP contribution in [0, 0.1) is 5.92 Å². The second-order valence-electron chi connectivity index (χ2n) is 9.47. The van der Waals surface area contributed by atoms with E-state index < -0.39 is 10.0 Å². The molecular formula is C19H36N6O3S. The van der Waals surface area contributed by atoms with E-state index in [1.165, 1.54) is 6.42 Å². The van der Waals surface area contributed by atoms with Crippen molar-refractivity contribution in [3.05, 3.63) is 0 Å². The lowest BCUT2D eigenvalue weighted by Crippen LogP contribution is -2.59. The molecule has 7 atom stereocenters. The molecule has 0 bridgehead atoms. The molecular weight excluding hydrogens is 392 g/mol. The molecule has 0 radical (unpaired) electrons. The standard InChI is InChI=1S/C19H36N6O3S/c1-24-19-13(9-22-24)3-2-4-16(19)23-29(26,27)14-5-6-15(20-10-14)17-11-21-18-7-8-28-12-25(17)18/h13-23H,2-12H2,1H3. The van der Waals surface area contributed by atoms with E-state index in [4.69, 9.17) is 4.74 Å². The van der Waals surface area contributed by atoms with E-state index in [9.17, 15) is 8.42 Å². The highest BCUT2D eigenvalue weighted by atomic mass is 32.2. The minimum Gasteiger partial charge on any atom is -0.366 e. The van der Waals surface area contributed by atoms with Crippen molar-refractivity contribution in [2.24, 2.45) is 5.92 Å². The van der Waals surface area contributed by atoms with Crippen molar-refractivity contribution >= 4 is 10.0 Å². The first kappa shape index (κ1) is 20.6. The van der Waals surface area contributed by atoms with Crippen molar-refractivity contribution in [2.45, 2.75) is 74.1 Å². The van der Waals surface area contributed by atoms with E-state index in [-0.39, 0.29) is 17.3 Å². The van der Waals surface area contributed by atoms with E-state index >= 15 is 0 Å². The van der Waals surface area contributed by atoms with Crippen LogP contribution in [0.15, 0.2) is 0 Å². The topological polar surface area (TPSA) is 98.0 Å². The van der Waals surface area contributed by atoms with Crippen LogP contribution < -0.4 is 20.8 Å². The first-order valence-corrected chi connectivity index (χ1v) is 12.9. The summed E-state index contributed by atoms with van der Waals surface area (Å²) in [4.78, 5) is 2.40. The summed E-state index contributed by atoms with van der Waals surface area (Å²) in [5, 5.41) is 8.93. The summed E-state index contributed by atoms with van der Waals surface area (Å²) in [5.41, 5.74) is 3.38. The second kappa shape index (κ2) is 8.31. The molecule has 4 N–H and O–H groups in total. The van der Waals surface area contributed by atoms with Crippen molar-refractivity contribution in [1.82, 2.24) is 30.7 Å². The van der Waals surface area contributed by atoms with Crippen molar-refractivity contribution in [3.63, 3.8) is 0 Å². The molecule has 0 aromatic carbocycles. The van der Waals surface area contributed by atoms with Crippen LogP contribution in [-0.2, 0) is 14.8 Å². The lowest BCUT2D eigenvalue weighted by Gasteiger charge is -2.40. The Morgan fingerprint density at radius 3 is 2.76 bits per heavy atom. The van der Waals surface area contributed by atoms with Gasteiger partial charge in [-0.3, -0.25) is 15.6 Å². The molecule has 5 fully saturated rings. The quantitative estimate of drug-likeness (QED) is 0.452. The van der Waals surface area contributed by atoms with Crippen LogP contribution in [0.5, 0.6) is 0 Å². The third-order valence-corrected chi connectivity index (χ3v) is 9.74. The maximum absolute atomic E-state index is 13.2. The SMILES string of the molecule is CN1NCC2CCCC(NS(=O)(=O)C3CCC(C4CNC5CCOCN54)NC3)C21. The van der Waals surface area contributed by atoms with Crippen LogP contribution >= 0.6 is 0 Å². The Balaban J connectivity index is 1.18. The number of sulfonamides is 1. The number of hydrogen-bond donors (Lipinski definition) is 4. The summed E-state index contributed by atoms with van der Waals surface area (Å²) in [5.74, 6) is 0.546. The lowest BCUT2D eigenvalue weighted by atomic mass is 9.82. The van der Waals surface area contributed by atoms with Gasteiger partial charge >= 0.3 is 0 Å². The minimum absolute atomic E-state index is 0.0155. The Morgan fingerprint density at radius 1 is 1.03 bits per heavy atom. The molecule has 0 spiro atoms. The largest absolute Gasteiger partial charge is 0.366 e. The molecule has 7 unspecified atom stereocenters. The van der Waals surface area contributed by atoms with E-state index in [1.54, 1.807) is 0 Å². The number of nitrogens with zero attached hydrogens (tertiary/aromatic N) is 2. The summed E-state index contributed by atoms with van der Waals surface area (Å²) < 4.78 is 35.1. The molecule has 1 aliphatic carbocycles. The Labute approximate surface area is 174 Å². The van der Waals surface area contributed by atoms with Crippen molar-refractivity contribution in [3.8, 4) is 0 Å². The Kier molecular flexibility index (Phi) is 5.89. The van der Waals surface area contributed by atoms with Gasteiger partial charge in [-0.1, -0.05) is 6.42 Å². The molecule has 1 saturated carbocycles. The van der Waals surface area contributed by atoms with Gasteiger partial charge in [0.25, 0.3) is 0 Å². The van der Waals surface area contributed by atoms with Crippen LogP contribution in [0.4, 0.5) is 0 Å². The minimum atomic E-state index is -3.34.